The molecule has 1 rings (SSSR count). The molecule has 4 heteroatoms. The molecular weight excluding hydrogens is 254 g/mol. The fraction of sp³-hybridized carbons (Fsp3) is 0.625. The molecule has 0 aliphatic heterocycles. The molecule has 1 unspecified atom stereocenters. The van der Waals surface area contributed by atoms with Crippen molar-refractivity contribution in [3.05, 3.63) is 18.2 Å². The van der Waals surface area contributed by atoms with Gasteiger partial charge in [0.1, 0.15) is 6.61 Å². The average Bonchev–Trinajstić information content (AvgIpc) is 2.49. The molecule has 0 fully saturated rings. The molecule has 0 radical (unpaired) electrons. The summed E-state index contributed by atoms with van der Waals surface area (Å²) >= 11 is 0. The molecule has 0 bridgehead atoms. The molecule has 0 saturated heterocycles. The predicted octanol–water partition coefficient (Wildman–Crippen LogP) is 3.45. The monoisotopic (exact) mass is 281 g/mol. The first-order valence-corrected chi connectivity index (χ1v) is 7.43. The van der Waals surface area contributed by atoms with E-state index in [2.05, 4.69) is 19.2 Å². The van der Waals surface area contributed by atoms with Gasteiger partial charge >= 0.3 is 0 Å². The number of nitrogens with one attached hydrogen (secondary N) is 1. The summed E-state index contributed by atoms with van der Waals surface area (Å²) in [5.41, 5.74) is 1.03. The van der Waals surface area contributed by atoms with E-state index in [4.69, 9.17) is 14.6 Å². The second kappa shape index (κ2) is 9.48. The molecule has 4 nitrogen and oxygen atoms in total. The van der Waals surface area contributed by atoms with Gasteiger partial charge in [0.05, 0.1) is 13.7 Å². The van der Waals surface area contributed by atoms with E-state index in [1.165, 1.54) is 19.3 Å². The van der Waals surface area contributed by atoms with E-state index in [9.17, 15) is 0 Å². The van der Waals surface area contributed by atoms with Gasteiger partial charge in [0.15, 0.2) is 11.5 Å². The van der Waals surface area contributed by atoms with E-state index in [0.29, 0.717) is 17.5 Å². The molecule has 0 aromatic heterocycles. The Balaban J connectivity index is 2.73. The Kier molecular flexibility index (Phi) is 7.88. The summed E-state index contributed by atoms with van der Waals surface area (Å²) < 4.78 is 10.8. The number of hydrogen-bond acceptors (Lipinski definition) is 4. The molecule has 0 heterocycles. The van der Waals surface area contributed by atoms with Crippen LogP contribution in [0, 0.1) is 0 Å². The van der Waals surface area contributed by atoms with Gasteiger partial charge in [0, 0.05) is 17.8 Å². The maximum Gasteiger partial charge on any atom is 0.163 e. The van der Waals surface area contributed by atoms with E-state index in [1.807, 2.05) is 18.2 Å². The SMILES string of the molecule is CCCCC(CC)Nc1ccc(OC)c(OCCO)c1. The van der Waals surface area contributed by atoms with Crippen LogP contribution in [0.25, 0.3) is 0 Å². The molecule has 114 valence electrons. The summed E-state index contributed by atoms with van der Waals surface area (Å²) in [6.07, 6.45) is 4.71. The van der Waals surface area contributed by atoms with Gasteiger partial charge in [-0.1, -0.05) is 26.7 Å². The number of benzene rings is 1. The van der Waals surface area contributed by atoms with Gasteiger partial charge in [0.2, 0.25) is 0 Å². The van der Waals surface area contributed by atoms with E-state index in [1.54, 1.807) is 7.11 Å². The zero-order valence-corrected chi connectivity index (χ0v) is 12.8. The van der Waals surface area contributed by atoms with Gasteiger partial charge in [-0.15, -0.1) is 0 Å². The van der Waals surface area contributed by atoms with E-state index in [0.717, 1.165) is 12.1 Å². The molecule has 2 N–H and O–H groups in total. The molecule has 1 aromatic carbocycles. The predicted molar refractivity (Wildman–Crippen MR) is 82.8 cm³/mol. The Labute approximate surface area is 122 Å². The topological polar surface area (TPSA) is 50.7 Å². The van der Waals surface area contributed by atoms with Crippen LogP contribution in [0.15, 0.2) is 18.2 Å². The van der Waals surface area contributed by atoms with Crippen LogP contribution in [0.1, 0.15) is 39.5 Å². The number of anilines is 1. The van der Waals surface area contributed by atoms with Crippen molar-refractivity contribution in [1.29, 1.82) is 0 Å². The van der Waals surface area contributed by atoms with Gasteiger partial charge in [-0.05, 0) is 25.0 Å². The van der Waals surface area contributed by atoms with Crippen molar-refractivity contribution in [3.63, 3.8) is 0 Å². The number of methoxy groups -OCH3 is 1. The molecular formula is C16H27NO3. The Morgan fingerprint density at radius 3 is 2.65 bits per heavy atom. The first-order chi connectivity index (χ1) is 9.74. The van der Waals surface area contributed by atoms with Gasteiger partial charge in [0.25, 0.3) is 0 Å². The maximum absolute atomic E-state index is 8.86. The molecule has 0 saturated carbocycles. The van der Waals surface area contributed by atoms with E-state index in [-0.39, 0.29) is 13.2 Å². The van der Waals surface area contributed by atoms with Crippen molar-refractivity contribution in [2.24, 2.45) is 0 Å². The maximum atomic E-state index is 8.86. The van der Waals surface area contributed by atoms with Crippen molar-refractivity contribution >= 4 is 5.69 Å². The summed E-state index contributed by atoms with van der Waals surface area (Å²) in [4.78, 5) is 0. The number of rotatable bonds is 10. The number of hydrogen-bond donors (Lipinski definition) is 2. The molecule has 1 atom stereocenters. The normalized spacial score (nSPS) is 12.0. The van der Waals surface area contributed by atoms with Crippen LogP contribution in [-0.4, -0.2) is 31.5 Å². The van der Waals surface area contributed by atoms with E-state index >= 15 is 0 Å². The highest BCUT2D eigenvalue weighted by Crippen LogP contribution is 2.30. The summed E-state index contributed by atoms with van der Waals surface area (Å²) in [5.74, 6) is 1.35. The lowest BCUT2D eigenvalue weighted by Crippen LogP contribution is -2.18. The summed E-state index contributed by atoms with van der Waals surface area (Å²) in [7, 11) is 1.62. The third-order valence-corrected chi connectivity index (χ3v) is 3.28. The average molecular weight is 281 g/mol. The first kappa shape index (κ1) is 16.6. The standard InChI is InChI=1S/C16H27NO3/c1-4-6-7-13(5-2)17-14-8-9-15(19-3)16(12-14)20-11-10-18/h8-9,12-13,17-18H,4-7,10-11H2,1-3H3. The van der Waals surface area contributed by atoms with Crippen molar-refractivity contribution in [2.45, 2.75) is 45.6 Å². The smallest absolute Gasteiger partial charge is 0.163 e. The fourth-order valence-corrected chi connectivity index (χ4v) is 2.10. The zero-order valence-electron chi connectivity index (χ0n) is 12.8. The molecule has 0 aliphatic carbocycles. The second-order valence-electron chi connectivity index (χ2n) is 4.83. The largest absolute Gasteiger partial charge is 0.493 e. The lowest BCUT2D eigenvalue weighted by molar-refractivity contribution is 0.196. The van der Waals surface area contributed by atoms with Crippen LogP contribution in [0.5, 0.6) is 11.5 Å². The lowest BCUT2D eigenvalue weighted by atomic mass is 10.1. The summed E-state index contributed by atoms with van der Waals surface area (Å²) in [6, 6.07) is 6.30. The molecule has 0 aliphatic rings. The van der Waals surface area contributed by atoms with E-state index < -0.39 is 0 Å². The van der Waals surface area contributed by atoms with Crippen LogP contribution in [0.3, 0.4) is 0 Å². The Morgan fingerprint density at radius 1 is 1.25 bits per heavy atom. The molecule has 20 heavy (non-hydrogen) atoms. The van der Waals surface area contributed by atoms with Crippen LogP contribution in [0.2, 0.25) is 0 Å². The third-order valence-electron chi connectivity index (χ3n) is 3.28. The van der Waals surface area contributed by atoms with Crippen LogP contribution < -0.4 is 14.8 Å². The van der Waals surface area contributed by atoms with Crippen molar-refractivity contribution in [1.82, 2.24) is 0 Å². The number of aliphatic hydroxyl groups is 1. The summed E-state index contributed by atoms with van der Waals surface area (Å²) in [5, 5.41) is 12.4. The highest BCUT2D eigenvalue weighted by Gasteiger charge is 2.09. The van der Waals surface area contributed by atoms with Crippen molar-refractivity contribution in [2.75, 3.05) is 25.6 Å². The minimum atomic E-state index is -0.00506. The Morgan fingerprint density at radius 2 is 2.05 bits per heavy atom. The minimum absolute atomic E-state index is 0.00506. The molecule has 0 amide bonds. The Bertz CT molecular complexity index is 382. The minimum Gasteiger partial charge on any atom is -0.493 e. The highest BCUT2D eigenvalue weighted by atomic mass is 16.5. The quantitative estimate of drug-likeness (QED) is 0.689. The van der Waals surface area contributed by atoms with Crippen molar-refractivity contribution < 1.29 is 14.6 Å². The third kappa shape index (κ3) is 5.29. The van der Waals surface area contributed by atoms with Gasteiger partial charge in [-0.25, -0.2) is 0 Å². The Hall–Kier alpha value is -1.42. The molecule has 1 aromatic rings. The first-order valence-electron chi connectivity index (χ1n) is 7.43. The van der Waals surface area contributed by atoms with Crippen LogP contribution in [-0.2, 0) is 0 Å². The summed E-state index contributed by atoms with van der Waals surface area (Å²) in [6.45, 7) is 4.67. The van der Waals surface area contributed by atoms with Gasteiger partial charge in [-0.2, -0.15) is 0 Å². The zero-order chi connectivity index (χ0) is 14.8. The number of aliphatic hydroxyl groups excluding tert-OH is 1. The van der Waals surface area contributed by atoms with Crippen molar-refractivity contribution in [3.8, 4) is 11.5 Å². The van der Waals surface area contributed by atoms with Crippen LogP contribution in [0.4, 0.5) is 5.69 Å². The second-order valence-corrected chi connectivity index (χ2v) is 4.83. The van der Waals surface area contributed by atoms with Gasteiger partial charge < -0.3 is 19.9 Å². The van der Waals surface area contributed by atoms with Gasteiger partial charge in [-0.3, -0.25) is 0 Å². The van der Waals surface area contributed by atoms with Crippen LogP contribution >= 0.6 is 0 Å². The fourth-order valence-electron chi connectivity index (χ4n) is 2.10. The number of unbranched alkanes of at least 4 members (excludes halogenated alkanes) is 1. The lowest BCUT2D eigenvalue weighted by Gasteiger charge is -2.19. The highest BCUT2D eigenvalue weighted by molar-refractivity contribution is 5.55. The number of ether oxygens (including phenoxy) is 2. The molecule has 0 spiro atoms.